The Kier molecular flexibility index (Phi) is 7.65. The maximum atomic E-state index is 6.46. The van der Waals surface area contributed by atoms with Gasteiger partial charge in [0.2, 0.25) is 5.88 Å². The number of pyridine rings is 2. The highest BCUT2D eigenvalue weighted by Gasteiger charge is 2.27. The van der Waals surface area contributed by atoms with E-state index in [0.29, 0.717) is 23.3 Å². The molecule has 8 nitrogen and oxygen atoms in total. The molecule has 0 saturated heterocycles. The second kappa shape index (κ2) is 11.1. The molecule has 4 aromatic heterocycles. The first kappa shape index (κ1) is 25.5. The van der Waals surface area contributed by atoms with Crippen LogP contribution in [-0.2, 0) is 0 Å². The fraction of sp³-hybridized carbons (Fsp3) is 0.552. The number of ether oxygens (including phenoxy) is 2. The minimum atomic E-state index is 0.228. The normalized spacial score (nSPS) is 18.4. The van der Waals surface area contributed by atoms with E-state index in [2.05, 4.69) is 53.7 Å². The Hall–Kier alpha value is -3.13. The van der Waals surface area contributed by atoms with Gasteiger partial charge >= 0.3 is 0 Å². The van der Waals surface area contributed by atoms with Gasteiger partial charge in [0.25, 0.3) is 0 Å². The Morgan fingerprint density at radius 3 is 2.54 bits per heavy atom. The SMILES string of the molecule is CCCN(CCC)C1CCC(Oc2ccc3[nH]c(-c4cc(OC)c5ncnn5c4)c(C(C)C)c3n2)CC1. The molecular weight excluding hydrogens is 464 g/mol. The lowest BCUT2D eigenvalue weighted by molar-refractivity contribution is 0.0852. The van der Waals surface area contributed by atoms with Gasteiger partial charge in [0.1, 0.15) is 12.4 Å². The fourth-order valence-corrected chi connectivity index (χ4v) is 5.86. The molecule has 0 amide bonds. The minimum Gasteiger partial charge on any atom is -0.493 e. The van der Waals surface area contributed by atoms with Crippen LogP contribution in [0.3, 0.4) is 0 Å². The zero-order chi connectivity index (χ0) is 25.9. The van der Waals surface area contributed by atoms with Gasteiger partial charge < -0.3 is 19.4 Å². The van der Waals surface area contributed by atoms with Crippen molar-refractivity contribution in [2.24, 2.45) is 0 Å². The molecule has 0 aliphatic heterocycles. The summed E-state index contributed by atoms with van der Waals surface area (Å²) < 4.78 is 13.8. The van der Waals surface area contributed by atoms with Crippen LogP contribution in [0.1, 0.15) is 77.7 Å². The highest BCUT2D eigenvalue weighted by atomic mass is 16.5. The molecule has 4 heterocycles. The smallest absolute Gasteiger partial charge is 0.214 e. The van der Waals surface area contributed by atoms with Crippen LogP contribution in [0.25, 0.3) is 27.9 Å². The van der Waals surface area contributed by atoms with Gasteiger partial charge in [-0.2, -0.15) is 5.10 Å². The van der Waals surface area contributed by atoms with Crippen molar-refractivity contribution in [3.63, 3.8) is 0 Å². The molecule has 37 heavy (non-hydrogen) atoms. The van der Waals surface area contributed by atoms with Crippen LogP contribution in [0.4, 0.5) is 0 Å². The van der Waals surface area contributed by atoms with E-state index in [1.807, 2.05) is 18.3 Å². The van der Waals surface area contributed by atoms with E-state index in [9.17, 15) is 0 Å². The summed E-state index contributed by atoms with van der Waals surface area (Å²) >= 11 is 0. The van der Waals surface area contributed by atoms with E-state index in [0.717, 1.165) is 35.1 Å². The van der Waals surface area contributed by atoms with Gasteiger partial charge in [0, 0.05) is 29.4 Å². The van der Waals surface area contributed by atoms with Crippen molar-refractivity contribution in [3.05, 3.63) is 36.3 Å². The molecule has 0 bridgehead atoms. The van der Waals surface area contributed by atoms with E-state index in [1.165, 1.54) is 44.3 Å². The maximum absolute atomic E-state index is 6.46. The third-order valence-corrected chi connectivity index (χ3v) is 7.55. The first-order chi connectivity index (χ1) is 18.0. The number of fused-ring (bicyclic) bond motifs is 2. The van der Waals surface area contributed by atoms with E-state index >= 15 is 0 Å². The van der Waals surface area contributed by atoms with Crippen LogP contribution in [0.5, 0.6) is 11.6 Å². The number of aromatic amines is 1. The predicted molar refractivity (Wildman–Crippen MR) is 148 cm³/mol. The van der Waals surface area contributed by atoms with Gasteiger partial charge in [-0.15, -0.1) is 0 Å². The molecule has 0 unspecified atom stereocenters. The van der Waals surface area contributed by atoms with Crippen molar-refractivity contribution < 1.29 is 9.47 Å². The Labute approximate surface area is 219 Å². The highest BCUT2D eigenvalue weighted by molar-refractivity contribution is 5.89. The summed E-state index contributed by atoms with van der Waals surface area (Å²) in [5, 5.41) is 4.33. The molecule has 0 radical (unpaired) electrons. The molecule has 1 N–H and O–H groups in total. The molecule has 0 atom stereocenters. The number of H-pyrrole nitrogens is 1. The molecule has 0 aromatic carbocycles. The average molecular weight is 505 g/mol. The molecule has 0 spiro atoms. The van der Waals surface area contributed by atoms with Gasteiger partial charge in [-0.3, -0.25) is 0 Å². The number of nitrogens with zero attached hydrogens (tertiary/aromatic N) is 5. The van der Waals surface area contributed by atoms with Crippen LogP contribution in [0.15, 0.2) is 30.7 Å². The van der Waals surface area contributed by atoms with Gasteiger partial charge in [0.15, 0.2) is 11.4 Å². The van der Waals surface area contributed by atoms with Gasteiger partial charge in [-0.1, -0.05) is 27.7 Å². The Balaban J connectivity index is 1.39. The summed E-state index contributed by atoms with van der Waals surface area (Å²) in [6, 6.07) is 6.79. The standard InChI is InChI=1S/C29H40N6O2/c1-6-14-34(15-7-2)21-8-10-22(11-9-21)37-25-13-12-23-28(33-25)26(19(3)4)27(32-23)20-16-24(36-5)29-30-18-31-35(29)17-20/h12-13,16-19,21-22,32H,6-11,14-15H2,1-5H3. The van der Waals surface area contributed by atoms with Gasteiger partial charge in [0.05, 0.1) is 23.8 Å². The predicted octanol–water partition coefficient (Wildman–Crippen LogP) is 6.22. The molecule has 1 aliphatic rings. The van der Waals surface area contributed by atoms with E-state index in [4.69, 9.17) is 14.5 Å². The Morgan fingerprint density at radius 2 is 1.86 bits per heavy atom. The number of rotatable bonds is 10. The van der Waals surface area contributed by atoms with Crippen molar-refractivity contribution in [2.75, 3.05) is 20.2 Å². The van der Waals surface area contributed by atoms with Crippen molar-refractivity contribution in [1.29, 1.82) is 0 Å². The second-order valence-electron chi connectivity index (χ2n) is 10.5. The van der Waals surface area contributed by atoms with Crippen molar-refractivity contribution in [3.8, 4) is 22.9 Å². The average Bonchev–Trinajstić information content (AvgIpc) is 3.53. The zero-order valence-electron chi connectivity index (χ0n) is 22.8. The number of nitrogens with one attached hydrogen (secondary N) is 1. The van der Waals surface area contributed by atoms with Crippen molar-refractivity contribution in [1.82, 2.24) is 29.5 Å². The fourth-order valence-electron chi connectivity index (χ4n) is 5.86. The Morgan fingerprint density at radius 1 is 1.11 bits per heavy atom. The zero-order valence-corrected chi connectivity index (χ0v) is 22.8. The third-order valence-electron chi connectivity index (χ3n) is 7.55. The summed E-state index contributed by atoms with van der Waals surface area (Å²) in [5.41, 5.74) is 5.84. The van der Waals surface area contributed by atoms with Crippen LogP contribution in [0.2, 0.25) is 0 Å². The largest absolute Gasteiger partial charge is 0.493 e. The van der Waals surface area contributed by atoms with Crippen molar-refractivity contribution >= 4 is 16.7 Å². The number of methoxy groups -OCH3 is 1. The molecule has 5 rings (SSSR count). The number of hydrogen-bond donors (Lipinski definition) is 1. The molecule has 1 aliphatic carbocycles. The van der Waals surface area contributed by atoms with Gasteiger partial charge in [-0.25, -0.2) is 14.5 Å². The molecule has 1 fully saturated rings. The first-order valence-electron chi connectivity index (χ1n) is 13.8. The van der Waals surface area contributed by atoms with E-state index < -0.39 is 0 Å². The first-order valence-corrected chi connectivity index (χ1v) is 13.8. The second-order valence-corrected chi connectivity index (χ2v) is 10.5. The molecule has 198 valence electrons. The monoisotopic (exact) mass is 504 g/mol. The summed E-state index contributed by atoms with van der Waals surface area (Å²) in [6.45, 7) is 11.4. The lowest BCUT2D eigenvalue weighted by Gasteiger charge is -2.36. The highest BCUT2D eigenvalue weighted by Crippen LogP contribution is 2.37. The van der Waals surface area contributed by atoms with E-state index in [-0.39, 0.29) is 12.0 Å². The van der Waals surface area contributed by atoms with Crippen LogP contribution >= 0.6 is 0 Å². The summed E-state index contributed by atoms with van der Waals surface area (Å²) in [6.07, 6.45) is 10.8. The van der Waals surface area contributed by atoms with E-state index in [1.54, 1.807) is 18.0 Å². The van der Waals surface area contributed by atoms with Gasteiger partial charge in [-0.05, 0) is 69.7 Å². The molecule has 4 aromatic rings. The van der Waals surface area contributed by atoms with Crippen LogP contribution in [-0.4, -0.2) is 61.8 Å². The Bertz CT molecular complexity index is 1330. The lowest BCUT2D eigenvalue weighted by Crippen LogP contribution is -2.41. The number of aromatic nitrogens is 5. The maximum Gasteiger partial charge on any atom is 0.214 e. The van der Waals surface area contributed by atoms with Crippen LogP contribution < -0.4 is 9.47 Å². The van der Waals surface area contributed by atoms with Crippen LogP contribution in [0, 0.1) is 0 Å². The summed E-state index contributed by atoms with van der Waals surface area (Å²) in [4.78, 5) is 15.6. The van der Waals surface area contributed by atoms with Crippen molar-refractivity contribution in [2.45, 2.75) is 84.3 Å². The number of hydrogen-bond acceptors (Lipinski definition) is 6. The summed E-state index contributed by atoms with van der Waals surface area (Å²) in [7, 11) is 1.66. The summed E-state index contributed by atoms with van der Waals surface area (Å²) in [5.74, 6) is 1.67. The topological polar surface area (TPSA) is 80.6 Å². The lowest BCUT2D eigenvalue weighted by atomic mass is 9.91. The molecular formula is C29H40N6O2. The third kappa shape index (κ3) is 5.17. The molecule has 8 heteroatoms. The quantitative estimate of drug-likeness (QED) is 0.276. The minimum absolute atomic E-state index is 0.228. The molecule has 1 saturated carbocycles.